The summed E-state index contributed by atoms with van der Waals surface area (Å²) in [5, 5.41) is 12.9. The van der Waals surface area contributed by atoms with E-state index in [0.29, 0.717) is 34.2 Å². The molecule has 1 amide bonds. The Labute approximate surface area is 227 Å². The Balaban J connectivity index is 1.37. The van der Waals surface area contributed by atoms with E-state index in [9.17, 15) is 4.79 Å². The van der Waals surface area contributed by atoms with Crippen molar-refractivity contribution in [2.45, 2.75) is 12.1 Å². The maximum atomic E-state index is 12.8. The first-order chi connectivity index (χ1) is 18.6. The molecule has 194 valence electrons. The summed E-state index contributed by atoms with van der Waals surface area (Å²) in [5.41, 5.74) is 2.49. The van der Waals surface area contributed by atoms with E-state index in [1.54, 1.807) is 14.2 Å². The molecule has 0 aliphatic heterocycles. The Bertz CT molecular complexity index is 1570. The number of thiazole rings is 1. The zero-order chi connectivity index (χ0) is 26.5. The number of anilines is 1. The van der Waals surface area contributed by atoms with Crippen LogP contribution in [0.1, 0.15) is 6.92 Å². The van der Waals surface area contributed by atoms with Crippen molar-refractivity contribution in [3.8, 4) is 34.3 Å². The molecule has 2 aromatic heterocycles. The van der Waals surface area contributed by atoms with Gasteiger partial charge in [-0.05, 0) is 55.5 Å². The summed E-state index contributed by atoms with van der Waals surface area (Å²) >= 11 is 2.70. The van der Waals surface area contributed by atoms with Gasteiger partial charge in [0.25, 0.3) is 0 Å². The lowest BCUT2D eigenvalue weighted by Gasteiger charge is -2.12. The van der Waals surface area contributed by atoms with Crippen molar-refractivity contribution >= 4 is 44.4 Å². The molecule has 9 nitrogen and oxygen atoms in total. The molecule has 0 bridgehead atoms. The lowest BCUT2D eigenvalue weighted by atomic mass is 10.2. The number of thioether (sulfide) groups is 1. The van der Waals surface area contributed by atoms with Gasteiger partial charge in [-0.15, -0.1) is 10.2 Å². The van der Waals surface area contributed by atoms with Crippen LogP contribution in [0.15, 0.2) is 71.9 Å². The highest BCUT2D eigenvalue weighted by Crippen LogP contribution is 2.34. The predicted molar refractivity (Wildman–Crippen MR) is 150 cm³/mol. The fourth-order valence-corrected chi connectivity index (χ4v) is 5.50. The molecule has 0 aliphatic carbocycles. The summed E-state index contributed by atoms with van der Waals surface area (Å²) in [6, 6.07) is 21.0. The molecule has 1 N–H and O–H groups in total. The number of nitrogens with zero attached hydrogens (tertiary/aromatic N) is 4. The van der Waals surface area contributed by atoms with Crippen LogP contribution >= 0.6 is 23.1 Å². The first-order valence-corrected chi connectivity index (χ1v) is 13.6. The molecular formula is C27H25N5O4S2. The van der Waals surface area contributed by atoms with Crippen LogP contribution in [0, 0.1) is 0 Å². The number of fused-ring (bicyclic) bond motifs is 1. The molecular weight excluding hydrogens is 522 g/mol. The largest absolute Gasteiger partial charge is 0.494 e. The first-order valence-electron chi connectivity index (χ1n) is 11.8. The van der Waals surface area contributed by atoms with Gasteiger partial charge in [0.05, 0.1) is 36.8 Å². The SMILES string of the molecule is CCOc1ccc2nc(NC(=O)CSc3nnc(-c4ccc(OC)c(OC)c4)n3-c3ccccc3)sc2c1. The second-order valence-electron chi connectivity index (χ2n) is 7.97. The zero-order valence-electron chi connectivity index (χ0n) is 21.0. The van der Waals surface area contributed by atoms with Gasteiger partial charge in [-0.25, -0.2) is 4.98 Å². The van der Waals surface area contributed by atoms with Crippen LogP contribution in [0.3, 0.4) is 0 Å². The van der Waals surface area contributed by atoms with Gasteiger partial charge in [-0.2, -0.15) is 0 Å². The van der Waals surface area contributed by atoms with Crippen LogP contribution in [0.5, 0.6) is 17.2 Å². The molecule has 38 heavy (non-hydrogen) atoms. The van der Waals surface area contributed by atoms with Crippen molar-refractivity contribution < 1.29 is 19.0 Å². The Morgan fingerprint density at radius 3 is 2.58 bits per heavy atom. The zero-order valence-corrected chi connectivity index (χ0v) is 22.6. The number of hydrogen-bond donors (Lipinski definition) is 1. The number of carbonyl (C=O) groups is 1. The maximum absolute atomic E-state index is 12.8. The second-order valence-corrected chi connectivity index (χ2v) is 9.94. The second kappa shape index (κ2) is 11.5. The minimum absolute atomic E-state index is 0.136. The number of rotatable bonds is 10. The molecule has 2 heterocycles. The van der Waals surface area contributed by atoms with Gasteiger partial charge in [-0.3, -0.25) is 9.36 Å². The number of benzene rings is 3. The molecule has 11 heteroatoms. The van der Waals surface area contributed by atoms with Crippen molar-refractivity contribution in [1.29, 1.82) is 0 Å². The van der Waals surface area contributed by atoms with E-state index in [-0.39, 0.29) is 11.7 Å². The number of aromatic nitrogens is 4. The minimum Gasteiger partial charge on any atom is -0.494 e. The standard InChI is InChI=1S/C27H25N5O4S2/c1-4-36-19-11-12-20-23(15-19)38-26(28-20)29-24(33)16-37-27-31-30-25(32(27)18-8-6-5-7-9-18)17-10-13-21(34-2)22(14-17)35-3/h5-15H,4,16H2,1-3H3,(H,28,29,33). The molecule has 0 fully saturated rings. The number of methoxy groups -OCH3 is 2. The maximum Gasteiger partial charge on any atom is 0.236 e. The van der Waals surface area contributed by atoms with E-state index < -0.39 is 0 Å². The van der Waals surface area contributed by atoms with E-state index in [1.165, 1.54) is 23.1 Å². The quantitative estimate of drug-likeness (QED) is 0.223. The third kappa shape index (κ3) is 5.43. The van der Waals surface area contributed by atoms with Gasteiger partial charge in [0.15, 0.2) is 27.6 Å². The molecule has 0 saturated carbocycles. The van der Waals surface area contributed by atoms with Crippen molar-refractivity contribution in [3.05, 3.63) is 66.7 Å². The van der Waals surface area contributed by atoms with E-state index in [4.69, 9.17) is 14.2 Å². The Morgan fingerprint density at radius 2 is 1.82 bits per heavy atom. The van der Waals surface area contributed by atoms with Crippen LogP contribution in [0.2, 0.25) is 0 Å². The molecule has 0 saturated heterocycles. The van der Waals surface area contributed by atoms with Gasteiger partial charge in [0.1, 0.15) is 5.75 Å². The van der Waals surface area contributed by atoms with Crippen LogP contribution < -0.4 is 19.5 Å². The number of amides is 1. The summed E-state index contributed by atoms with van der Waals surface area (Å²) in [7, 11) is 3.18. The van der Waals surface area contributed by atoms with Crippen molar-refractivity contribution in [1.82, 2.24) is 19.7 Å². The highest BCUT2D eigenvalue weighted by molar-refractivity contribution is 7.99. The van der Waals surface area contributed by atoms with Gasteiger partial charge in [0, 0.05) is 11.3 Å². The van der Waals surface area contributed by atoms with Crippen LogP contribution in [0.4, 0.5) is 5.13 Å². The molecule has 3 aromatic carbocycles. The lowest BCUT2D eigenvalue weighted by Crippen LogP contribution is -2.14. The topological polar surface area (TPSA) is 100 Å². The number of ether oxygens (including phenoxy) is 3. The fourth-order valence-electron chi connectivity index (χ4n) is 3.84. The molecule has 0 radical (unpaired) electrons. The molecule has 5 rings (SSSR count). The van der Waals surface area contributed by atoms with Crippen LogP contribution in [-0.2, 0) is 4.79 Å². The first kappa shape index (κ1) is 25.6. The Kier molecular flexibility index (Phi) is 7.75. The summed E-state index contributed by atoms with van der Waals surface area (Å²) < 4.78 is 19.3. The van der Waals surface area contributed by atoms with Crippen molar-refractivity contribution in [3.63, 3.8) is 0 Å². The highest BCUT2D eigenvalue weighted by atomic mass is 32.2. The summed E-state index contributed by atoms with van der Waals surface area (Å²) in [5.74, 6) is 2.56. The number of nitrogens with one attached hydrogen (secondary N) is 1. The third-order valence-electron chi connectivity index (χ3n) is 5.54. The lowest BCUT2D eigenvalue weighted by molar-refractivity contribution is -0.113. The number of para-hydroxylation sites is 1. The van der Waals surface area contributed by atoms with E-state index in [2.05, 4.69) is 20.5 Å². The van der Waals surface area contributed by atoms with E-state index >= 15 is 0 Å². The van der Waals surface area contributed by atoms with Crippen molar-refractivity contribution in [2.75, 3.05) is 31.9 Å². The van der Waals surface area contributed by atoms with E-state index in [1.807, 2.05) is 78.2 Å². The molecule has 0 atom stereocenters. The van der Waals surface area contributed by atoms with E-state index in [0.717, 1.165) is 27.2 Å². The Hall–Kier alpha value is -4.09. The average Bonchev–Trinajstić information content (AvgIpc) is 3.55. The van der Waals surface area contributed by atoms with Gasteiger partial charge in [-0.1, -0.05) is 41.3 Å². The molecule has 5 aromatic rings. The minimum atomic E-state index is -0.186. The van der Waals surface area contributed by atoms with Gasteiger partial charge >= 0.3 is 0 Å². The van der Waals surface area contributed by atoms with Gasteiger partial charge < -0.3 is 19.5 Å². The fraction of sp³-hybridized carbons (Fsp3) is 0.185. The summed E-state index contributed by atoms with van der Waals surface area (Å²) in [4.78, 5) is 17.3. The third-order valence-corrected chi connectivity index (χ3v) is 7.40. The smallest absolute Gasteiger partial charge is 0.236 e. The Morgan fingerprint density at radius 1 is 1.00 bits per heavy atom. The summed E-state index contributed by atoms with van der Waals surface area (Å²) in [6.45, 7) is 2.53. The number of hydrogen-bond acceptors (Lipinski definition) is 9. The van der Waals surface area contributed by atoms with Gasteiger partial charge in [0.2, 0.25) is 5.91 Å². The van der Waals surface area contributed by atoms with Crippen LogP contribution in [-0.4, -0.2) is 52.2 Å². The monoisotopic (exact) mass is 547 g/mol. The normalized spacial score (nSPS) is 10.9. The van der Waals surface area contributed by atoms with Crippen molar-refractivity contribution in [2.24, 2.45) is 0 Å². The summed E-state index contributed by atoms with van der Waals surface area (Å²) in [6.07, 6.45) is 0. The molecule has 0 aliphatic rings. The average molecular weight is 548 g/mol. The predicted octanol–water partition coefficient (Wildman–Crippen LogP) is 5.69. The van der Waals surface area contributed by atoms with Crippen LogP contribution in [0.25, 0.3) is 27.3 Å². The molecule has 0 spiro atoms. The highest BCUT2D eigenvalue weighted by Gasteiger charge is 2.19. The molecule has 0 unspecified atom stereocenters. The number of carbonyl (C=O) groups excluding carboxylic acids is 1.